The fourth-order valence-electron chi connectivity index (χ4n) is 1.97. The monoisotopic (exact) mass is 289 g/mol. The van der Waals surface area contributed by atoms with Crippen LogP contribution >= 0.6 is 0 Å². The lowest BCUT2D eigenvalue weighted by atomic mass is 10.2. The first kappa shape index (κ1) is 15.5. The summed E-state index contributed by atoms with van der Waals surface area (Å²) in [6.07, 6.45) is 2.11. The molecule has 2 amide bonds. The number of hydrogen-bond donors (Lipinski definition) is 3. The van der Waals surface area contributed by atoms with E-state index in [9.17, 15) is 9.59 Å². The van der Waals surface area contributed by atoms with E-state index in [-0.39, 0.29) is 17.9 Å². The molecular formula is C16H23N3O2. The summed E-state index contributed by atoms with van der Waals surface area (Å²) in [6, 6.07) is 7.12. The van der Waals surface area contributed by atoms with Crippen LogP contribution in [0.2, 0.25) is 0 Å². The van der Waals surface area contributed by atoms with Gasteiger partial charge in [-0.1, -0.05) is 17.7 Å². The molecule has 0 aliphatic heterocycles. The largest absolute Gasteiger partial charge is 0.352 e. The highest BCUT2D eigenvalue weighted by Gasteiger charge is 2.26. The topological polar surface area (TPSA) is 70.2 Å². The van der Waals surface area contributed by atoms with Crippen LogP contribution < -0.4 is 16.0 Å². The lowest BCUT2D eigenvalue weighted by molar-refractivity contribution is -0.123. The van der Waals surface area contributed by atoms with Gasteiger partial charge in [0.05, 0.1) is 12.1 Å². The number of benzene rings is 1. The van der Waals surface area contributed by atoms with Gasteiger partial charge in [0.2, 0.25) is 11.8 Å². The molecule has 3 N–H and O–H groups in total. The first-order chi connectivity index (χ1) is 9.95. The molecule has 2 atom stereocenters. The summed E-state index contributed by atoms with van der Waals surface area (Å²) >= 11 is 0. The van der Waals surface area contributed by atoms with Gasteiger partial charge < -0.3 is 10.6 Å². The van der Waals surface area contributed by atoms with Gasteiger partial charge in [0.1, 0.15) is 0 Å². The fourth-order valence-corrected chi connectivity index (χ4v) is 1.97. The summed E-state index contributed by atoms with van der Waals surface area (Å²) in [5.41, 5.74) is 1.90. The van der Waals surface area contributed by atoms with E-state index in [1.165, 1.54) is 0 Å². The summed E-state index contributed by atoms with van der Waals surface area (Å²) in [4.78, 5) is 23.9. The van der Waals surface area contributed by atoms with Crippen molar-refractivity contribution in [3.05, 3.63) is 29.8 Å². The molecule has 21 heavy (non-hydrogen) atoms. The van der Waals surface area contributed by atoms with Crippen LogP contribution in [0.25, 0.3) is 0 Å². The van der Waals surface area contributed by atoms with Crippen LogP contribution in [0.1, 0.15) is 32.3 Å². The van der Waals surface area contributed by atoms with E-state index in [1.54, 1.807) is 13.8 Å². The number of anilines is 1. The van der Waals surface area contributed by atoms with Crippen molar-refractivity contribution in [2.24, 2.45) is 0 Å². The minimum absolute atomic E-state index is 0.0486. The van der Waals surface area contributed by atoms with Crippen LogP contribution in [0.4, 0.5) is 5.69 Å². The van der Waals surface area contributed by atoms with Gasteiger partial charge >= 0.3 is 0 Å². The average Bonchev–Trinajstić information content (AvgIpc) is 3.25. The Morgan fingerprint density at radius 3 is 2.19 bits per heavy atom. The van der Waals surface area contributed by atoms with Crippen molar-refractivity contribution in [3.8, 4) is 0 Å². The smallest absolute Gasteiger partial charge is 0.241 e. The van der Waals surface area contributed by atoms with Crippen LogP contribution in [-0.4, -0.2) is 29.9 Å². The maximum Gasteiger partial charge on any atom is 0.241 e. The van der Waals surface area contributed by atoms with Gasteiger partial charge in [-0.2, -0.15) is 0 Å². The van der Waals surface area contributed by atoms with E-state index >= 15 is 0 Å². The molecule has 5 heteroatoms. The van der Waals surface area contributed by atoms with Crippen molar-refractivity contribution >= 4 is 17.5 Å². The van der Waals surface area contributed by atoms with Crippen molar-refractivity contribution in [2.45, 2.75) is 51.7 Å². The quantitative estimate of drug-likeness (QED) is 0.744. The Balaban J connectivity index is 1.80. The molecule has 2 unspecified atom stereocenters. The van der Waals surface area contributed by atoms with E-state index in [0.717, 1.165) is 24.1 Å². The Labute approximate surface area is 125 Å². The highest BCUT2D eigenvalue weighted by molar-refractivity contribution is 5.95. The standard InChI is InChI=1S/C16H23N3O2/c1-10-4-6-13(7-5-10)18-15(20)11(2)17-12(3)16(21)19-14-8-9-14/h4-7,11-12,14,17H,8-9H2,1-3H3,(H,18,20)(H,19,21). The molecule has 1 fully saturated rings. The predicted molar refractivity (Wildman–Crippen MR) is 83.0 cm³/mol. The molecule has 114 valence electrons. The molecule has 2 rings (SSSR count). The number of carbonyl (C=O) groups is 2. The van der Waals surface area contributed by atoms with Gasteiger partial charge in [0.25, 0.3) is 0 Å². The molecule has 0 heterocycles. The predicted octanol–water partition coefficient (Wildman–Crippen LogP) is 1.58. The number of carbonyl (C=O) groups excluding carboxylic acids is 2. The van der Waals surface area contributed by atoms with Crippen LogP contribution in [0, 0.1) is 6.92 Å². The van der Waals surface area contributed by atoms with Gasteiger partial charge in [-0.05, 0) is 45.7 Å². The molecule has 0 bridgehead atoms. The van der Waals surface area contributed by atoms with Crippen LogP contribution in [0.15, 0.2) is 24.3 Å². The van der Waals surface area contributed by atoms with Crippen molar-refractivity contribution in [3.63, 3.8) is 0 Å². The first-order valence-corrected chi connectivity index (χ1v) is 7.39. The van der Waals surface area contributed by atoms with Crippen molar-refractivity contribution in [1.82, 2.24) is 10.6 Å². The van der Waals surface area contributed by atoms with Crippen LogP contribution in [0.3, 0.4) is 0 Å². The molecule has 0 aromatic heterocycles. The van der Waals surface area contributed by atoms with Gasteiger partial charge in [-0.25, -0.2) is 0 Å². The third kappa shape index (κ3) is 4.86. The number of nitrogens with one attached hydrogen (secondary N) is 3. The maximum absolute atomic E-state index is 12.1. The van der Waals surface area contributed by atoms with E-state index in [2.05, 4.69) is 16.0 Å². The molecule has 1 aromatic rings. The highest BCUT2D eigenvalue weighted by Crippen LogP contribution is 2.18. The van der Waals surface area contributed by atoms with Crippen LogP contribution in [0.5, 0.6) is 0 Å². The average molecular weight is 289 g/mol. The minimum Gasteiger partial charge on any atom is -0.352 e. The second-order valence-electron chi connectivity index (χ2n) is 5.75. The van der Waals surface area contributed by atoms with E-state index in [1.807, 2.05) is 31.2 Å². The molecule has 1 saturated carbocycles. The SMILES string of the molecule is Cc1ccc(NC(=O)C(C)NC(C)C(=O)NC2CC2)cc1. The zero-order chi connectivity index (χ0) is 15.4. The van der Waals surface area contributed by atoms with Gasteiger partial charge in [0, 0.05) is 11.7 Å². The Hall–Kier alpha value is -1.88. The van der Waals surface area contributed by atoms with Gasteiger partial charge in [-0.15, -0.1) is 0 Å². The first-order valence-electron chi connectivity index (χ1n) is 7.39. The Bertz CT molecular complexity index is 509. The number of hydrogen-bond acceptors (Lipinski definition) is 3. The molecule has 1 aliphatic carbocycles. The second-order valence-corrected chi connectivity index (χ2v) is 5.75. The van der Waals surface area contributed by atoms with Gasteiger partial charge in [-0.3, -0.25) is 14.9 Å². The number of aryl methyl sites for hydroxylation is 1. The third-order valence-electron chi connectivity index (χ3n) is 3.53. The Morgan fingerprint density at radius 2 is 1.62 bits per heavy atom. The molecule has 1 aliphatic rings. The molecular weight excluding hydrogens is 266 g/mol. The molecule has 0 spiro atoms. The summed E-state index contributed by atoms with van der Waals surface area (Å²) in [7, 11) is 0. The zero-order valence-corrected chi connectivity index (χ0v) is 12.8. The summed E-state index contributed by atoms with van der Waals surface area (Å²) < 4.78 is 0. The fraction of sp³-hybridized carbons (Fsp3) is 0.500. The minimum atomic E-state index is -0.439. The Morgan fingerprint density at radius 1 is 1.05 bits per heavy atom. The summed E-state index contributed by atoms with van der Waals surface area (Å²) in [5, 5.41) is 8.77. The molecule has 1 aromatic carbocycles. The maximum atomic E-state index is 12.1. The van der Waals surface area contributed by atoms with Crippen molar-refractivity contribution in [2.75, 3.05) is 5.32 Å². The Kier molecular flexibility index (Phi) is 4.96. The van der Waals surface area contributed by atoms with E-state index in [0.29, 0.717) is 6.04 Å². The summed E-state index contributed by atoms with van der Waals surface area (Å²) in [5.74, 6) is -0.197. The molecule has 0 radical (unpaired) electrons. The lowest BCUT2D eigenvalue weighted by Crippen LogP contribution is -2.50. The summed E-state index contributed by atoms with van der Waals surface area (Å²) in [6.45, 7) is 5.52. The number of rotatable bonds is 6. The van der Waals surface area contributed by atoms with Gasteiger partial charge in [0.15, 0.2) is 0 Å². The molecule has 5 nitrogen and oxygen atoms in total. The van der Waals surface area contributed by atoms with E-state index < -0.39 is 6.04 Å². The van der Waals surface area contributed by atoms with E-state index in [4.69, 9.17) is 0 Å². The van der Waals surface area contributed by atoms with Crippen molar-refractivity contribution in [1.29, 1.82) is 0 Å². The number of amides is 2. The highest BCUT2D eigenvalue weighted by atomic mass is 16.2. The third-order valence-corrected chi connectivity index (χ3v) is 3.53. The molecule has 0 saturated heterocycles. The van der Waals surface area contributed by atoms with Crippen LogP contribution in [-0.2, 0) is 9.59 Å². The normalized spacial score (nSPS) is 16.9. The van der Waals surface area contributed by atoms with Crippen molar-refractivity contribution < 1.29 is 9.59 Å². The lowest BCUT2D eigenvalue weighted by Gasteiger charge is -2.19. The zero-order valence-electron chi connectivity index (χ0n) is 12.8. The second kappa shape index (κ2) is 6.72.